The molecule has 0 fully saturated rings. The molecule has 0 aliphatic carbocycles. The van der Waals surface area contributed by atoms with Crippen LogP contribution in [0.15, 0.2) is 243 Å². The minimum atomic E-state index is 0.777. The molecule has 0 aliphatic rings. The summed E-state index contributed by atoms with van der Waals surface area (Å²) < 4.78 is 9.64. The quantitative estimate of drug-likeness (QED) is 0.160. The summed E-state index contributed by atoms with van der Waals surface area (Å²) in [4.78, 5) is 0. The molecule has 0 amide bonds. The van der Waals surface area contributed by atoms with Crippen LogP contribution in [0, 0.1) is 0 Å². The molecule has 14 rings (SSSR count). The average Bonchev–Trinajstić information content (AvgIpc) is 4.18. The van der Waals surface area contributed by atoms with Crippen molar-refractivity contribution in [1.29, 1.82) is 0 Å². The molecule has 4 aromatic heterocycles. The van der Waals surface area contributed by atoms with Gasteiger partial charge in [-0.15, -0.1) is 10.2 Å². The number of benzene rings is 10. The van der Waals surface area contributed by atoms with Crippen LogP contribution < -0.4 is 0 Å². The fourth-order valence-electron chi connectivity index (χ4n) is 10.9. The van der Waals surface area contributed by atoms with Crippen LogP contribution in [-0.2, 0) is 0 Å². The van der Waals surface area contributed by atoms with Crippen LogP contribution in [-0.4, -0.2) is 28.5 Å². The molecule has 6 heteroatoms. The Kier molecular flexibility index (Phi) is 8.48. The lowest BCUT2D eigenvalue weighted by atomic mass is 10.0. The molecule has 68 heavy (non-hydrogen) atoms. The number of fused-ring (bicyclic) bond motifs is 10. The number of para-hydroxylation sites is 7. The Labute approximate surface area is 391 Å². The van der Waals surface area contributed by atoms with E-state index in [-0.39, 0.29) is 0 Å². The van der Waals surface area contributed by atoms with E-state index in [0.717, 1.165) is 84.1 Å². The Morgan fingerprint density at radius 3 is 1.31 bits per heavy atom. The van der Waals surface area contributed by atoms with Gasteiger partial charge in [0.05, 0.1) is 50.2 Å². The molecule has 0 unspecified atom stereocenters. The predicted molar refractivity (Wildman–Crippen MR) is 281 cm³/mol. The van der Waals surface area contributed by atoms with Crippen LogP contribution in [0.3, 0.4) is 0 Å². The second kappa shape index (κ2) is 15.2. The summed E-state index contributed by atoms with van der Waals surface area (Å²) in [7, 11) is 0. The van der Waals surface area contributed by atoms with Crippen molar-refractivity contribution < 1.29 is 0 Å². The molecule has 0 radical (unpaired) electrons. The Balaban J connectivity index is 1.06. The molecule has 0 bridgehead atoms. The van der Waals surface area contributed by atoms with E-state index in [1.165, 1.54) is 38.0 Å². The maximum Gasteiger partial charge on any atom is 0.168 e. The van der Waals surface area contributed by atoms with Crippen molar-refractivity contribution in [2.24, 2.45) is 0 Å². The Bertz CT molecular complexity index is 4190. The fraction of sp³-hybridized carbons (Fsp3) is 0. The van der Waals surface area contributed by atoms with Crippen molar-refractivity contribution in [3.63, 3.8) is 0 Å². The van der Waals surface area contributed by atoms with Crippen molar-refractivity contribution in [2.45, 2.75) is 0 Å². The minimum Gasteiger partial charge on any atom is -0.309 e. The highest BCUT2D eigenvalue weighted by Crippen LogP contribution is 2.45. The van der Waals surface area contributed by atoms with E-state index >= 15 is 0 Å². The molecular formula is C62H40N6. The molecule has 10 aromatic carbocycles. The van der Waals surface area contributed by atoms with E-state index in [0.29, 0.717) is 0 Å². The third-order valence-electron chi connectivity index (χ3n) is 13.7. The van der Waals surface area contributed by atoms with Gasteiger partial charge < -0.3 is 13.7 Å². The first kappa shape index (κ1) is 38.1. The van der Waals surface area contributed by atoms with E-state index < -0.39 is 0 Å². The summed E-state index contributed by atoms with van der Waals surface area (Å²) in [6.07, 6.45) is 0. The van der Waals surface area contributed by atoms with E-state index in [1.54, 1.807) is 0 Å². The van der Waals surface area contributed by atoms with Crippen LogP contribution in [0.2, 0.25) is 0 Å². The zero-order valence-corrected chi connectivity index (χ0v) is 36.8. The molecule has 0 N–H and O–H groups in total. The summed E-state index contributed by atoms with van der Waals surface area (Å²) in [6.45, 7) is 0. The standard InChI is InChI=1S/C62H40N6/c1-4-21-41(22-5-1)61-63-64-62(42-23-6-2-7-24-42)68(61)57-38-20-32-48-46-29-13-18-36-54(46)67(59(48)57)53-35-17-11-28-45(53)44-27-10-16-34-52(44)66-55-37-19-14-31-50(55)58-56(66)40-39-49-47-30-12-15-33-51(47)65(60(49)58)43-25-8-3-9-26-43/h1-40H. The van der Waals surface area contributed by atoms with Gasteiger partial charge in [-0.05, 0) is 54.6 Å². The van der Waals surface area contributed by atoms with Gasteiger partial charge in [-0.1, -0.05) is 188 Å². The van der Waals surface area contributed by atoms with Gasteiger partial charge in [0.15, 0.2) is 11.6 Å². The number of nitrogens with zero attached hydrogens (tertiary/aromatic N) is 6. The molecule has 318 valence electrons. The molecule has 14 aromatic rings. The largest absolute Gasteiger partial charge is 0.309 e. The summed E-state index contributed by atoms with van der Waals surface area (Å²) in [5.41, 5.74) is 15.4. The van der Waals surface area contributed by atoms with Gasteiger partial charge in [-0.3, -0.25) is 4.57 Å². The van der Waals surface area contributed by atoms with Gasteiger partial charge in [0.1, 0.15) is 0 Å². The third kappa shape index (κ3) is 5.58. The number of rotatable bonds is 7. The topological polar surface area (TPSA) is 45.5 Å². The van der Waals surface area contributed by atoms with Crippen molar-refractivity contribution in [1.82, 2.24) is 28.5 Å². The smallest absolute Gasteiger partial charge is 0.168 e. The molecule has 0 saturated carbocycles. The first-order chi connectivity index (χ1) is 33.8. The molecular weight excluding hydrogens is 829 g/mol. The van der Waals surface area contributed by atoms with Crippen molar-refractivity contribution in [2.75, 3.05) is 0 Å². The Hall–Kier alpha value is -9.26. The fourth-order valence-corrected chi connectivity index (χ4v) is 10.9. The van der Waals surface area contributed by atoms with Gasteiger partial charge >= 0.3 is 0 Å². The first-order valence-electron chi connectivity index (χ1n) is 23.1. The van der Waals surface area contributed by atoms with Gasteiger partial charge in [0.2, 0.25) is 0 Å². The Morgan fingerprint density at radius 1 is 0.250 bits per heavy atom. The predicted octanol–water partition coefficient (Wildman–Crippen LogP) is 15.6. The second-order valence-electron chi connectivity index (χ2n) is 17.4. The molecule has 6 nitrogen and oxygen atoms in total. The third-order valence-corrected chi connectivity index (χ3v) is 13.7. The maximum absolute atomic E-state index is 4.91. The summed E-state index contributed by atoms with van der Waals surface area (Å²) >= 11 is 0. The zero-order chi connectivity index (χ0) is 44.7. The highest BCUT2D eigenvalue weighted by atomic mass is 15.3. The van der Waals surface area contributed by atoms with Gasteiger partial charge in [-0.2, -0.15) is 0 Å². The summed E-state index contributed by atoms with van der Waals surface area (Å²) in [5, 5.41) is 17.0. The van der Waals surface area contributed by atoms with Crippen LogP contribution in [0.4, 0.5) is 0 Å². The lowest BCUT2D eigenvalue weighted by molar-refractivity contribution is 1.06. The highest BCUT2D eigenvalue weighted by Gasteiger charge is 2.26. The van der Waals surface area contributed by atoms with E-state index in [9.17, 15) is 0 Å². The molecule has 0 aliphatic heterocycles. The molecule has 4 heterocycles. The molecule has 0 atom stereocenters. The van der Waals surface area contributed by atoms with Gasteiger partial charge in [-0.25, -0.2) is 0 Å². The zero-order valence-electron chi connectivity index (χ0n) is 36.8. The van der Waals surface area contributed by atoms with E-state index in [4.69, 9.17) is 10.2 Å². The lowest BCUT2D eigenvalue weighted by Gasteiger charge is -2.20. The number of hydrogen-bond donors (Lipinski definition) is 0. The van der Waals surface area contributed by atoms with Crippen molar-refractivity contribution in [3.8, 4) is 56.7 Å². The van der Waals surface area contributed by atoms with Gasteiger partial charge in [0, 0.05) is 60.3 Å². The first-order valence-corrected chi connectivity index (χ1v) is 23.1. The normalized spacial score (nSPS) is 11.8. The van der Waals surface area contributed by atoms with Crippen LogP contribution >= 0.6 is 0 Å². The van der Waals surface area contributed by atoms with Gasteiger partial charge in [0.25, 0.3) is 0 Å². The monoisotopic (exact) mass is 868 g/mol. The minimum absolute atomic E-state index is 0.777. The van der Waals surface area contributed by atoms with E-state index in [1.807, 2.05) is 12.1 Å². The van der Waals surface area contributed by atoms with E-state index in [2.05, 4.69) is 249 Å². The lowest BCUT2D eigenvalue weighted by Crippen LogP contribution is -2.05. The second-order valence-corrected chi connectivity index (χ2v) is 17.4. The van der Waals surface area contributed by atoms with Crippen LogP contribution in [0.25, 0.3) is 122 Å². The Morgan fingerprint density at radius 2 is 0.691 bits per heavy atom. The number of aromatic nitrogens is 6. The summed E-state index contributed by atoms with van der Waals surface area (Å²) in [5.74, 6) is 1.55. The van der Waals surface area contributed by atoms with Crippen LogP contribution in [0.5, 0.6) is 0 Å². The maximum atomic E-state index is 4.91. The molecule has 0 spiro atoms. The molecule has 0 saturated heterocycles. The number of hydrogen-bond acceptors (Lipinski definition) is 2. The highest BCUT2D eigenvalue weighted by molar-refractivity contribution is 6.26. The summed E-state index contributed by atoms with van der Waals surface area (Å²) in [6, 6.07) is 87.0. The SMILES string of the molecule is c1ccc(-c2nnc(-c3ccccc3)n2-c2cccc3c4ccccc4n(-c4ccccc4-c4ccccc4-n4c5ccccc5c5c4ccc4c6ccccc6n(-c6ccccc6)c45)c23)cc1. The van der Waals surface area contributed by atoms with Crippen LogP contribution in [0.1, 0.15) is 0 Å². The average molecular weight is 869 g/mol. The van der Waals surface area contributed by atoms with Crippen molar-refractivity contribution in [3.05, 3.63) is 243 Å². The van der Waals surface area contributed by atoms with Crippen molar-refractivity contribution >= 4 is 65.4 Å².